The van der Waals surface area contributed by atoms with Crippen molar-refractivity contribution in [3.8, 4) is 0 Å². The number of fused-ring (bicyclic) bond motifs is 1. The molecule has 0 saturated heterocycles. The fourth-order valence-corrected chi connectivity index (χ4v) is 1.27. The van der Waals surface area contributed by atoms with Crippen LogP contribution in [0.2, 0.25) is 0 Å². The first-order valence-corrected chi connectivity index (χ1v) is 3.64. The highest BCUT2D eigenvalue weighted by molar-refractivity contribution is 8.93. The second-order valence-electron chi connectivity index (χ2n) is 2.63. The fraction of sp³-hybridized carbons (Fsp3) is 0.429. The maximum Gasteiger partial charge on any atom is 0.264 e. The number of H-pyrrole nitrogens is 1. The monoisotopic (exact) mass is 231 g/mol. The molecule has 0 unspecified atom stereocenters. The molecule has 1 aromatic heterocycles. The van der Waals surface area contributed by atoms with E-state index in [0.717, 1.165) is 30.8 Å². The van der Waals surface area contributed by atoms with Gasteiger partial charge < -0.3 is 5.32 Å². The van der Waals surface area contributed by atoms with Gasteiger partial charge in [0.1, 0.15) is 0 Å². The molecule has 0 aromatic carbocycles. The molecule has 1 aliphatic rings. The van der Waals surface area contributed by atoms with Crippen LogP contribution in [0.25, 0.3) is 0 Å². The molecule has 4 nitrogen and oxygen atoms in total. The minimum Gasteiger partial charge on any atom is -0.312 e. The van der Waals surface area contributed by atoms with Gasteiger partial charge in [0, 0.05) is 25.6 Å². The molecular weight excluding hydrogens is 222 g/mol. The predicted molar refractivity (Wildman–Crippen MR) is 50.6 cm³/mol. The first-order valence-electron chi connectivity index (χ1n) is 3.64. The van der Waals surface area contributed by atoms with Crippen LogP contribution in [0, 0.1) is 0 Å². The first kappa shape index (κ1) is 9.41. The first-order chi connectivity index (χ1) is 5.36. The molecule has 2 heterocycles. The van der Waals surface area contributed by atoms with Crippen molar-refractivity contribution < 1.29 is 0 Å². The second kappa shape index (κ2) is 3.82. The Morgan fingerprint density at radius 3 is 3.17 bits per heavy atom. The number of aromatic amines is 1. The molecule has 12 heavy (non-hydrogen) atoms. The van der Waals surface area contributed by atoms with Crippen molar-refractivity contribution in [2.45, 2.75) is 13.0 Å². The average molecular weight is 232 g/mol. The molecule has 1 aromatic rings. The van der Waals surface area contributed by atoms with Gasteiger partial charge in [0.15, 0.2) is 0 Å². The number of rotatable bonds is 0. The number of hydrogen-bond donors (Lipinski definition) is 2. The summed E-state index contributed by atoms with van der Waals surface area (Å²) < 4.78 is 0. The number of nitrogens with zero attached hydrogens (tertiary/aromatic N) is 1. The van der Waals surface area contributed by atoms with Crippen LogP contribution in [0.5, 0.6) is 0 Å². The van der Waals surface area contributed by atoms with E-state index in [1.54, 1.807) is 6.07 Å². The van der Waals surface area contributed by atoms with Crippen LogP contribution in [0.4, 0.5) is 0 Å². The van der Waals surface area contributed by atoms with E-state index >= 15 is 0 Å². The van der Waals surface area contributed by atoms with Gasteiger partial charge in [-0.2, -0.15) is 5.10 Å². The smallest absolute Gasteiger partial charge is 0.264 e. The fourth-order valence-electron chi connectivity index (χ4n) is 1.27. The highest BCUT2D eigenvalue weighted by atomic mass is 79.9. The summed E-state index contributed by atoms with van der Waals surface area (Å²) in [6, 6.07) is 1.61. The van der Waals surface area contributed by atoms with Crippen molar-refractivity contribution in [3.05, 3.63) is 27.7 Å². The molecule has 0 spiro atoms. The zero-order valence-electron chi connectivity index (χ0n) is 6.46. The van der Waals surface area contributed by atoms with Crippen molar-refractivity contribution in [2.75, 3.05) is 6.54 Å². The van der Waals surface area contributed by atoms with Crippen molar-refractivity contribution >= 4 is 17.0 Å². The number of hydrogen-bond acceptors (Lipinski definition) is 3. The zero-order valence-corrected chi connectivity index (χ0v) is 8.18. The van der Waals surface area contributed by atoms with E-state index in [9.17, 15) is 4.79 Å². The van der Waals surface area contributed by atoms with Crippen LogP contribution >= 0.6 is 17.0 Å². The largest absolute Gasteiger partial charge is 0.312 e. The summed E-state index contributed by atoms with van der Waals surface area (Å²) in [7, 11) is 0. The summed E-state index contributed by atoms with van der Waals surface area (Å²) >= 11 is 0. The maximum atomic E-state index is 10.8. The van der Waals surface area contributed by atoms with Gasteiger partial charge in [0.2, 0.25) is 0 Å². The Bertz CT molecular complexity index is 323. The summed E-state index contributed by atoms with van der Waals surface area (Å²) in [4.78, 5) is 10.8. The molecule has 2 N–H and O–H groups in total. The lowest BCUT2D eigenvalue weighted by molar-refractivity contribution is 0.618. The van der Waals surface area contributed by atoms with Gasteiger partial charge in [-0.25, -0.2) is 5.10 Å². The van der Waals surface area contributed by atoms with E-state index in [1.165, 1.54) is 0 Å². The highest BCUT2D eigenvalue weighted by Crippen LogP contribution is 2.05. The second-order valence-corrected chi connectivity index (χ2v) is 2.63. The molecule has 2 rings (SSSR count). The molecule has 1 aliphatic heterocycles. The SMILES string of the molecule is Br.O=c1cc2c(n[nH]1)CCNC2. The Kier molecular flexibility index (Phi) is 2.99. The summed E-state index contributed by atoms with van der Waals surface area (Å²) in [5, 5.41) is 9.54. The molecule has 0 bridgehead atoms. The lowest BCUT2D eigenvalue weighted by Crippen LogP contribution is -2.27. The lowest BCUT2D eigenvalue weighted by atomic mass is 10.1. The third-order valence-corrected chi connectivity index (χ3v) is 1.83. The minimum absolute atomic E-state index is 0. The minimum atomic E-state index is -0.118. The molecule has 0 radical (unpaired) electrons. The summed E-state index contributed by atoms with van der Waals surface area (Å²) in [6.07, 6.45) is 0.909. The zero-order chi connectivity index (χ0) is 7.68. The third kappa shape index (κ3) is 1.73. The number of halogens is 1. The van der Waals surface area contributed by atoms with Gasteiger partial charge in [-0.05, 0) is 5.56 Å². The number of nitrogens with one attached hydrogen (secondary N) is 2. The molecule has 0 fully saturated rings. The van der Waals surface area contributed by atoms with Crippen LogP contribution in [-0.2, 0) is 13.0 Å². The standard InChI is InChI=1S/C7H9N3O.BrH/c11-7-3-5-4-8-2-1-6(5)9-10-7;/h3,8H,1-2,4H2,(H,10,11);1H. The molecule has 5 heteroatoms. The van der Waals surface area contributed by atoms with E-state index < -0.39 is 0 Å². The topological polar surface area (TPSA) is 57.8 Å². The summed E-state index contributed by atoms with van der Waals surface area (Å²) in [5.74, 6) is 0. The van der Waals surface area contributed by atoms with E-state index in [4.69, 9.17) is 0 Å². The Balaban J connectivity index is 0.000000720. The highest BCUT2D eigenvalue weighted by Gasteiger charge is 2.09. The van der Waals surface area contributed by atoms with Crippen LogP contribution in [0.15, 0.2) is 10.9 Å². The van der Waals surface area contributed by atoms with Crippen molar-refractivity contribution in [1.29, 1.82) is 0 Å². The Morgan fingerprint density at radius 2 is 2.33 bits per heavy atom. The van der Waals surface area contributed by atoms with Crippen LogP contribution < -0.4 is 10.9 Å². The van der Waals surface area contributed by atoms with Crippen molar-refractivity contribution in [2.24, 2.45) is 0 Å². The Morgan fingerprint density at radius 1 is 1.50 bits per heavy atom. The maximum absolute atomic E-state index is 10.8. The van der Waals surface area contributed by atoms with Crippen molar-refractivity contribution in [1.82, 2.24) is 15.5 Å². The Labute approximate surface area is 80.2 Å². The molecule has 0 atom stereocenters. The number of aromatic nitrogens is 2. The van der Waals surface area contributed by atoms with Crippen molar-refractivity contribution in [3.63, 3.8) is 0 Å². The lowest BCUT2D eigenvalue weighted by Gasteiger charge is -2.13. The van der Waals surface area contributed by atoms with E-state index in [1.807, 2.05) is 0 Å². The summed E-state index contributed by atoms with van der Waals surface area (Å²) in [6.45, 7) is 1.72. The molecule has 0 saturated carbocycles. The average Bonchev–Trinajstić information content (AvgIpc) is 2.04. The Hall–Kier alpha value is -0.680. The van der Waals surface area contributed by atoms with Gasteiger partial charge in [-0.1, -0.05) is 0 Å². The molecular formula is C7H10BrN3O. The van der Waals surface area contributed by atoms with Crippen LogP contribution in [0.3, 0.4) is 0 Å². The molecule has 66 valence electrons. The van der Waals surface area contributed by atoms with E-state index in [2.05, 4.69) is 15.5 Å². The summed E-state index contributed by atoms with van der Waals surface area (Å²) in [5.41, 5.74) is 1.93. The quantitative estimate of drug-likeness (QED) is 0.661. The predicted octanol–water partition coefficient (Wildman–Crippen LogP) is -0.00650. The van der Waals surface area contributed by atoms with Gasteiger partial charge in [-0.15, -0.1) is 17.0 Å². The van der Waals surface area contributed by atoms with Gasteiger partial charge in [0.25, 0.3) is 5.56 Å². The van der Waals surface area contributed by atoms with Crippen LogP contribution in [0.1, 0.15) is 11.3 Å². The van der Waals surface area contributed by atoms with Gasteiger partial charge in [0.05, 0.1) is 5.69 Å². The van der Waals surface area contributed by atoms with E-state index in [-0.39, 0.29) is 22.5 Å². The molecule has 0 amide bonds. The van der Waals surface area contributed by atoms with Crippen LogP contribution in [-0.4, -0.2) is 16.7 Å². The normalized spacial score (nSPS) is 14.7. The van der Waals surface area contributed by atoms with E-state index in [0.29, 0.717) is 0 Å². The molecule has 0 aliphatic carbocycles. The van der Waals surface area contributed by atoms with Gasteiger partial charge >= 0.3 is 0 Å². The third-order valence-electron chi connectivity index (χ3n) is 1.83. The van der Waals surface area contributed by atoms with Gasteiger partial charge in [-0.3, -0.25) is 4.79 Å².